The second kappa shape index (κ2) is 5.49. The van der Waals surface area contributed by atoms with E-state index in [2.05, 4.69) is 13.2 Å². The van der Waals surface area contributed by atoms with E-state index >= 15 is 0 Å². The lowest BCUT2D eigenvalue weighted by atomic mass is 10.5. The molecule has 0 rings (SSSR count). The highest BCUT2D eigenvalue weighted by Gasteiger charge is 2.36. The minimum Gasteiger partial charge on any atom is -0.389 e. The van der Waals surface area contributed by atoms with Crippen LogP contribution < -0.4 is 0 Å². The summed E-state index contributed by atoms with van der Waals surface area (Å²) < 4.78 is 11.7. The van der Waals surface area contributed by atoms with E-state index in [4.69, 9.17) is 8.85 Å². The summed E-state index contributed by atoms with van der Waals surface area (Å²) in [5.41, 5.74) is 0. The summed E-state index contributed by atoms with van der Waals surface area (Å²) in [4.78, 5) is 0. The van der Waals surface area contributed by atoms with Gasteiger partial charge >= 0.3 is 8.56 Å². The Morgan fingerprint density at radius 3 is 1.71 bits per heavy atom. The van der Waals surface area contributed by atoms with E-state index in [9.17, 15) is 0 Å². The van der Waals surface area contributed by atoms with Gasteiger partial charge in [-0.3, -0.25) is 0 Å². The van der Waals surface area contributed by atoms with Crippen molar-refractivity contribution in [2.45, 2.75) is 46.4 Å². The van der Waals surface area contributed by atoms with Gasteiger partial charge in [-0.25, -0.2) is 0 Å². The largest absolute Gasteiger partial charge is 0.389 e. The maximum Gasteiger partial charge on any atom is 0.369 e. The van der Waals surface area contributed by atoms with Crippen molar-refractivity contribution in [3.05, 3.63) is 24.4 Å². The molecule has 0 heterocycles. The molecule has 0 aromatic heterocycles. The average Bonchev–Trinajstić information content (AvgIpc) is 1.99. The van der Waals surface area contributed by atoms with Crippen LogP contribution in [-0.2, 0) is 8.85 Å². The molecule has 0 aliphatic carbocycles. The van der Waals surface area contributed by atoms with Crippen LogP contribution in [0.3, 0.4) is 0 Å². The van der Waals surface area contributed by atoms with E-state index in [-0.39, 0.29) is 12.2 Å². The van der Waals surface area contributed by atoms with Gasteiger partial charge in [0.25, 0.3) is 0 Å². The minimum atomic E-state index is -2.29. The lowest BCUT2D eigenvalue weighted by Gasteiger charge is -2.31. The molecule has 0 atom stereocenters. The second-order valence-electron chi connectivity index (χ2n) is 4.01. The van der Waals surface area contributed by atoms with Crippen LogP contribution in [0.4, 0.5) is 0 Å². The zero-order valence-corrected chi connectivity index (χ0v) is 11.0. The first-order chi connectivity index (χ1) is 6.31. The predicted molar refractivity (Wildman–Crippen MR) is 63.4 cm³/mol. The summed E-state index contributed by atoms with van der Waals surface area (Å²) in [5, 5.41) is 0.889. The molecule has 0 bridgehead atoms. The molecule has 14 heavy (non-hydrogen) atoms. The van der Waals surface area contributed by atoms with Crippen molar-refractivity contribution >= 4 is 8.56 Å². The molecule has 0 saturated carbocycles. The third kappa shape index (κ3) is 4.22. The van der Waals surface area contributed by atoms with Gasteiger partial charge in [0.05, 0.1) is 0 Å². The minimum absolute atomic E-state index is 0.155. The Bertz CT molecular complexity index is 199. The molecule has 0 fully saturated rings. The standard InChI is InChI=1S/C11H22O2Si/c1-8-11(6)14(7,12-9(2)3)13-10(4)5/h8-10H,1,6H2,2-5,7H3. The van der Waals surface area contributed by atoms with Gasteiger partial charge in [-0.05, 0) is 39.4 Å². The van der Waals surface area contributed by atoms with Gasteiger partial charge in [-0.2, -0.15) is 0 Å². The Morgan fingerprint density at radius 2 is 1.50 bits per heavy atom. The summed E-state index contributed by atoms with van der Waals surface area (Å²) in [5.74, 6) is 0. The highest BCUT2D eigenvalue weighted by Crippen LogP contribution is 2.21. The highest BCUT2D eigenvalue weighted by molar-refractivity contribution is 6.74. The van der Waals surface area contributed by atoms with Gasteiger partial charge in [0.2, 0.25) is 0 Å². The normalized spacial score (nSPS) is 12.2. The van der Waals surface area contributed by atoms with Crippen molar-refractivity contribution in [2.75, 3.05) is 0 Å². The molecule has 0 aromatic rings. The van der Waals surface area contributed by atoms with Crippen LogP contribution in [0.5, 0.6) is 0 Å². The van der Waals surface area contributed by atoms with Gasteiger partial charge in [0.15, 0.2) is 0 Å². The molecule has 2 nitrogen and oxygen atoms in total. The lowest BCUT2D eigenvalue weighted by molar-refractivity contribution is 0.117. The molecule has 3 heteroatoms. The molecular weight excluding hydrogens is 192 g/mol. The monoisotopic (exact) mass is 214 g/mol. The van der Waals surface area contributed by atoms with Crippen LogP contribution in [0, 0.1) is 0 Å². The number of allylic oxidation sites excluding steroid dienone is 2. The van der Waals surface area contributed by atoms with Crippen molar-refractivity contribution in [3.63, 3.8) is 0 Å². The van der Waals surface area contributed by atoms with Gasteiger partial charge < -0.3 is 8.85 Å². The molecule has 0 amide bonds. The Labute approximate surface area is 88.9 Å². The highest BCUT2D eigenvalue weighted by atomic mass is 28.4. The molecule has 0 unspecified atom stereocenters. The van der Waals surface area contributed by atoms with Gasteiger partial charge in [-0.1, -0.05) is 19.2 Å². The lowest BCUT2D eigenvalue weighted by Crippen LogP contribution is -2.44. The summed E-state index contributed by atoms with van der Waals surface area (Å²) in [7, 11) is -2.29. The van der Waals surface area contributed by atoms with Crippen LogP contribution in [0.1, 0.15) is 27.7 Å². The third-order valence-corrected chi connectivity index (χ3v) is 4.96. The van der Waals surface area contributed by atoms with E-state index in [0.29, 0.717) is 0 Å². The van der Waals surface area contributed by atoms with Crippen molar-refractivity contribution in [1.82, 2.24) is 0 Å². The van der Waals surface area contributed by atoms with Crippen LogP contribution in [0.15, 0.2) is 24.4 Å². The molecule has 0 radical (unpaired) electrons. The van der Waals surface area contributed by atoms with E-state index in [1.54, 1.807) is 6.08 Å². The first-order valence-corrected chi connectivity index (χ1v) is 7.31. The average molecular weight is 214 g/mol. The van der Waals surface area contributed by atoms with Crippen LogP contribution in [0.25, 0.3) is 0 Å². The number of hydrogen-bond acceptors (Lipinski definition) is 2. The van der Waals surface area contributed by atoms with Crippen molar-refractivity contribution in [3.8, 4) is 0 Å². The predicted octanol–water partition coefficient (Wildman–Crippen LogP) is 3.19. The third-order valence-electron chi connectivity index (χ3n) is 1.75. The van der Waals surface area contributed by atoms with Gasteiger partial charge in [-0.15, -0.1) is 0 Å². The Morgan fingerprint density at radius 1 is 1.14 bits per heavy atom. The fourth-order valence-corrected chi connectivity index (χ4v) is 3.79. The summed E-state index contributed by atoms with van der Waals surface area (Å²) in [6, 6.07) is 0. The first-order valence-electron chi connectivity index (χ1n) is 4.99. The molecule has 0 aliphatic heterocycles. The van der Waals surface area contributed by atoms with E-state index in [1.165, 1.54) is 0 Å². The summed E-state index contributed by atoms with van der Waals surface area (Å²) in [6.45, 7) is 17.7. The fraction of sp³-hybridized carbons (Fsp3) is 0.636. The Balaban J connectivity index is 4.65. The molecule has 82 valence electrons. The summed E-state index contributed by atoms with van der Waals surface area (Å²) >= 11 is 0. The Hall–Kier alpha value is -0.383. The molecule has 0 aliphatic rings. The van der Waals surface area contributed by atoms with Crippen LogP contribution >= 0.6 is 0 Å². The van der Waals surface area contributed by atoms with Crippen molar-refractivity contribution in [2.24, 2.45) is 0 Å². The molecule has 0 N–H and O–H groups in total. The van der Waals surface area contributed by atoms with E-state index in [1.807, 2.05) is 34.2 Å². The quantitative estimate of drug-likeness (QED) is 0.499. The van der Waals surface area contributed by atoms with Crippen molar-refractivity contribution < 1.29 is 8.85 Å². The van der Waals surface area contributed by atoms with Crippen molar-refractivity contribution in [1.29, 1.82) is 0 Å². The smallest absolute Gasteiger partial charge is 0.369 e. The maximum absolute atomic E-state index is 5.85. The number of rotatable bonds is 6. The van der Waals surface area contributed by atoms with Gasteiger partial charge in [0, 0.05) is 12.2 Å². The summed E-state index contributed by atoms with van der Waals surface area (Å²) in [6.07, 6.45) is 2.04. The zero-order valence-electron chi connectivity index (χ0n) is 9.96. The molecule has 0 spiro atoms. The first kappa shape index (κ1) is 13.6. The molecule has 0 saturated heterocycles. The fourth-order valence-electron chi connectivity index (χ4n) is 1.26. The maximum atomic E-state index is 5.85. The van der Waals surface area contributed by atoms with Gasteiger partial charge in [0.1, 0.15) is 0 Å². The van der Waals surface area contributed by atoms with E-state index in [0.717, 1.165) is 5.20 Å². The molecule has 0 aromatic carbocycles. The van der Waals surface area contributed by atoms with Crippen LogP contribution in [-0.4, -0.2) is 20.8 Å². The second-order valence-corrected chi connectivity index (χ2v) is 7.01. The van der Waals surface area contributed by atoms with E-state index < -0.39 is 8.56 Å². The topological polar surface area (TPSA) is 18.5 Å². The zero-order chi connectivity index (χ0) is 11.4. The SMILES string of the molecule is C=CC(=C)[Si](C)(OC(C)C)OC(C)C. The molecular formula is C11H22O2Si. The van der Waals surface area contributed by atoms with Crippen LogP contribution in [0.2, 0.25) is 6.55 Å². The number of hydrogen-bond donors (Lipinski definition) is 0. The Kier molecular flexibility index (Phi) is 5.34.